The van der Waals surface area contributed by atoms with E-state index in [1.807, 2.05) is 54.6 Å². The molecule has 1 amide bonds. The normalized spacial score (nSPS) is 10.6. The summed E-state index contributed by atoms with van der Waals surface area (Å²) in [6, 6.07) is 23.3. The molecule has 3 aromatic rings. The maximum absolute atomic E-state index is 13.4. The Hall–Kier alpha value is -3.67. The summed E-state index contributed by atoms with van der Waals surface area (Å²) in [5.41, 5.74) is 5.11. The fourth-order valence-electron chi connectivity index (χ4n) is 2.26. The molecule has 2 N–H and O–H groups in total. The van der Waals surface area contributed by atoms with E-state index in [1.165, 1.54) is 18.3 Å². The summed E-state index contributed by atoms with van der Waals surface area (Å²) in [6.45, 7) is -0.321. The number of nitrogens with zero attached hydrogens (tertiary/aromatic N) is 1. The number of halogens is 1. The van der Waals surface area contributed by atoms with Crippen molar-refractivity contribution in [2.45, 2.75) is 0 Å². The second kappa shape index (κ2) is 9.15. The molecule has 3 aromatic carbocycles. The molecule has 0 atom stereocenters. The molecular weight excluding hydrogens is 345 g/mol. The number of anilines is 2. The molecule has 0 aliphatic carbocycles. The molecule has 0 radical (unpaired) electrons. The molecular formula is C21H18FN3O2. The second-order valence-corrected chi connectivity index (χ2v) is 5.63. The number of rotatable bonds is 7. The molecule has 0 saturated heterocycles. The number of carbonyl (C=O) groups is 1. The zero-order valence-electron chi connectivity index (χ0n) is 14.4. The van der Waals surface area contributed by atoms with Gasteiger partial charge in [-0.25, -0.2) is 9.82 Å². The first-order valence-electron chi connectivity index (χ1n) is 8.32. The minimum Gasteiger partial charge on any atom is -0.481 e. The standard InChI is InChI=1S/C21H18FN3O2/c22-19-8-4-5-9-20(19)27-15-21(26)25-23-14-16-10-12-18(13-11-16)24-17-6-2-1-3-7-17/h1-14,24H,15H2,(H,25,26)/b23-14-. The number of benzene rings is 3. The van der Waals surface area contributed by atoms with Gasteiger partial charge in [-0.3, -0.25) is 4.79 Å². The van der Waals surface area contributed by atoms with Crippen molar-refractivity contribution in [2.24, 2.45) is 5.10 Å². The Labute approximate surface area is 156 Å². The van der Waals surface area contributed by atoms with Crippen molar-refractivity contribution in [3.63, 3.8) is 0 Å². The topological polar surface area (TPSA) is 62.7 Å². The van der Waals surface area contributed by atoms with Crippen LogP contribution in [0.25, 0.3) is 0 Å². The Kier molecular flexibility index (Phi) is 6.14. The average molecular weight is 363 g/mol. The van der Waals surface area contributed by atoms with Gasteiger partial charge in [0.25, 0.3) is 5.91 Å². The summed E-state index contributed by atoms with van der Waals surface area (Å²) in [6.07, 6.45) is 1.52. The minimum atomic E-state index is -0.516. The van der Waals surface area contributed by atoms with Crippen molar-refractivity contribution < 1.29 is 13.9 Å². The Morgan fingerprint density at radius 1 is 0.926 bits per heavy atom. The highest BCUT2D eigenvalue weighted by atomic mass is 19.1. The number of hydrazone groups is 1. The van der Waals surface area contributed by atoms with Crippen LogP contribution in [0.2, 0.25) is 0 Å². The number of amides is 1. The lowest BCUT2D eigenvalue weighted by Gasteiger charge is -2.06. The van der Waals surface area contributed by atoms with Crippen LogP contribution >= 0.6 is 0 Å². The monoisotopic (exact) mass is 363 g/mol. The fraction of sp³-hybridized carbons (Fsp3) is 0.0476. The lowest BCUT2D eigenvalue weighted by Crippen LogP contribution is -2.24. The Morgan fingerprint density at radius 2 is 1.59 bits per heavy atom. The van der Waals surface area contributed by atoms with Crippen molar-refractivity contribution in [2.75, 3.05) is 11.9 Å². The van der Waals surface area contributed by atoms with E-state index in [1.54, 1.807) is 12.1 Å². The molecule has 0 aromatic heterocycles. The molecule has 6 heteroatoms. The Bertz CT molecular complexity index is 912. The largest absolute Gasteiger partial charge is 0.481 e. The van der Waals surface area contributed by atoms with Crippen LogP contribution in [0.5, 0.6) is 5.75 Å². The zero-order chi connectivity index (χ0) is 18.9. The first kappa shape index (κ1) is 18.1. The number of para-hydroxylation sites is 2. The highest BCUT2D eigenvalue weighted by molar-refractivity contribution is 5.83. The lowest BCUT2D eigenvalue weighted by atomic mass is 10.2. The summed E-state index contributed by atoms with van der Waals surface area (Å²) in [7, 11) is 0. The van der Waals surface area contributed by atoms with E-state index in [4.69, 9.17) is 4.74 Å². The van der Waals surface area contributed by atoms with E-state index >= 15 is 0 Å². The highest BCUT2D eigenvalue weighted by Gasteiger charge is 2.05. The number of carbonyl (C=O) groups excluding carboxylic acids is 1. The second-order valence-electron chi connectivity index (χ2n) is 5.63. The van der Waals surface area contributed by atoms with E-state index in [2.05, 4.69) is 15.8 Å². The van der Waals surface area contributed by atoms with Gasteiger partial charge in [0.1, 0.15) is 0 Å². The van der Waals surface area contributed by atoms with Gasteiger partial charge in [0.2, 0.25) is 0 Å². The van der Waals surface area contributed by atoms with Crippen molar-refractivity contribution >= 4 is 23.5 Å². The first-order valence-corrected chi connectivity index (χ1v) is 8.32. The van der Waals surface area contributed by atoms with E-state index in [0.29, 0.717) is 0 Å². The predicted molar refractivity (Wildman–Crippen MR) is 104 cm³/mol. The van der Waals surface area contributed by atoms with Crippen LogP contribution in [0.4, 0.5) is 15.8 Å². The molecule has 0 bridgehead atoms. The molecule has 27 heavy (non-hydrogen) atoms. The molecule has 0 spiro atoms. The third-order valence-electron chi connectivity index (χ3n) is 3.57. The third-order valence-corrected chi connectivity index (χ3v) is 3.57. The van der Waals surface area contributed by atoms with Crippen molar-refractivity contribution in [1.29, 1.82) is 0 Å². The molecule has 0 heterocycles. The molecule has 3 rings (SSSR count). The van der Waals surface area contributed by atoms with Gasteiger partial charge >= 0.3 is 0 Å². The third kappa shape index (κ3) is 5.67. The van der Waals surface area contributed by atoms with E-state index in [-0.39, 0.29) is 12.4 Å². The number of hydrogen-bond donors (Lipinski definition) is 2. The maximum atomic E-state index is 13.4. The number of hydrogen-bond acceptors (Lipinski definition) is 4. The minimum absolute atomic E-state index is 0.0261. The fourth-order valence-corrected chi connectivity index (χ4v) is 2.26. The summed E-state index contributed by atoms with van der Waals surface area (Å²) in [5.74, 6) is -0.965. The van der Waals surface area contributed by atoms with Crippen molar-refractivity contribution in [3.05, 3.63) is 90.2 Å². The molecule has 0 unspecified atom stereocenters. The van der Waals surface area contributed by atoms with E-state index in [0.717, 1.165) is 16.9 Å². The summed E-state index contributed by atoms with van der Waals surface area (Å²) in [5, 5.41) is 7.15. The van der Waals surface area contributed by atoms with Crippen LogP contribution in [0.15, 0.2) is 84.0 Å². The van der Waals surface area contributed by atoms with Crippen LogP contribution in [-0.2, 0) is 4.79 Å². The number of ether oxygens (including phenoxy) is 1. The quantitative estimate of drug-likeness (QED) is 0.491. The van der Waals surface area contributed by atoms with Crippen LogP contribution in [-0.4, -0.2) is 18.7 Å². The van der Waals surface area contributed by atoms with Crippen LogP contribution < -0.4 is 15.5 Å². The smallest absolute Gasteiger partial charge is 0.277 e. The van der Waals surface area contributed by atoms with Crippen molar-refractivity contribution in [3.8, 4) is 5.75 Å². The predicted octanol–water partition coefficient (Wildman–Crippen LogP) is 4.10. The Balaban J connectivity index is 1.46. The number of nitrogens with one attached hydrogen (secondary N) is 2. The van der Waals surface area contributed by atoms with Gasteiger partial charge in [-0.05, 0) is 42.0 Å². The average Bonchev–Trinajstić information content (AvgIpc) is 2.69. The Morgan fingerprint density at radius 3 is 2.33 bits per heavy atom. The van der Waals surface area contributed by atoms with Gasteiger partial charge < -0.3 is 10.1 Å². The molecule has 136 valence electrons. The zero-order valence-corrected chi connectivity index (χ0v) is 14.4. The van der Waals surface area contributed by atoms with Gasteiger partial charge in [0, 0.05) is 11.4 Å². The molecule has 0 saturated carbocycles. The van der Waals surface area contributed by atoms with Crippen LogP contribution in [0.1, 0.15) is 5.56 Å². The maximum Gasteiger partial charge on any atom is 0.277 e. The van der Waals surface area contributed by atoms with E-state index in [9.17, 15) is 9.18 Å². The molecule has 0 fully saturated rings. The van der Waals surface area contributed by atoms with Gasteiger partial charge in [-0.2, -0.15) is 5.10 Å². The lowest BCUT2D eigenvalue weighted by molar-refractivity contribution is -0.123. The van der Waals surface area contributed by atoms with Gasteiger partial charge in [0.15, 0.2) is 18.2 Å². The molecule has 0 aliphatic rings. The summed E-state index contributed by atoms with van der Waals surface area (Å²) < 4.78 is 18.5. The first-order chi connectivity index (χ1) is 13.2. The van der Waals surface area contributed by atoms with Gasteiger partial charge in [-0.15, -0.1) is 0 Å². The van der Waals surface area contributed by atoms with E-state index < -0.39 is 11.7 Å². The van der Waals surface area contributed by atoms with Gasteiger partial charge in [0.05, 0.1) is 6.21 Å². The SMILES string of the molecule is O=C(COc1ccccc1F)N/N=C\c1ccc(Nc2ccccc2)cc1. The van der Waals surface area contributed by atoms with Gasteiger partial charge in [-0.1, -0.05) is 42.5 Å². The van der Waals surface area contributed by atoms with Crippen molar-refractivity contribution in [1.82, 2.24) is 5.43 Å². The summed E-state index contributed by atoms with van der Waals surface area (Å²) in [4.78, 5) is 11.7. The van der Waals surface area contributed by atoms with Crippen LogP contribution in [0, 0.1) is 5.82 Å². The summed E-state index contributed by atoms with van der Waals surface area (Å²) >= 11 is 0. The highest BCUT2D eigenvalue weighted by Crippen LogP contribution is 2.16. The molecule has 5 nitrogen and oxygen atoms in total. The molecule has 0 aliphatic heterocycles. The van der Waals surface area contributed by atoms with Crippen LogP contribution in [0.3, 0.4) is 0 Å².